The van der Waals surface area contributed by atoms with E-state index in [1.165, 1.54) is 11.6 Å². The Morgan fingerprint density at radius 1 is 1.23 bits per heavy atom. The second-order valence-corrected chi connectivity index (χ2v) is 9.05. The van der Waals surface area contributed by atoms with Crippen molar-refractivity contribution in [1.82, 2.24) is 9.97 Å². The van der Waals surface area contributed by atoms with Crippen molar-refractivity contribution < 1.29 is 23.2 Å². The number of aromatic amines is 1. The summed E-state index contributed by atoms with van der Waals surface area (Å²) in [5.41, 5.74) is 2.93. The molecule has 164 valence electrons. The van der Waals surface area contributed by atoms with Gasteiger partial charge in [0.2, 0.25) is 0 Å². The maximum atomic E-state index is 13.5. The Hall–Kier alpha value is -3.00. The zero-order chi connectivity index (χ0) is 22.3. The molecule has 0 bridgehead atoms. The highest BCUT2D eigenvalue weighted by atomic mass is 19.2. The first-order valence-electron chi connectivity index (χ1n) is 10.4. The van der Waals surface area contributed by atoms with Crippen LogP contribution < -0.4 is 10.2 Å². The van der Waals surface area contributed by atoms with Crippen LogP contribution in [0.25, 0.3) is 11.0 Å². The number of alkyl carbamates (subject to hydrolysis) is 2. The molecule has 8 heteroatoms. The highest BCUT2D eigenvalue weighted by Gasteiger charge is 2.34. The predicted molar refractivity (Wildman–Crippen MR) is 115 cm³/mol. The van der Waals surface area contributed by atoms with Crippen molar-refractivity contribution >= 4 is 28.6 Å². The van der Waals surface area contributed by atoms with Crippen molar-refractivity contribution in [1.29, 1.82) is 0 Å². The van der Waals surface area contributed by atoms with Crippen LogP contribution in [-0.4, -0.2) is 34.8 Å². The number of amides is 1. The minimum absolute atomic E-state index is 0.126. The molecule has 1 amide bonds. The molecular formula is C23H27F2N4O2+. The number of benzene rings is 1. The summed E-state index contributed by atoms with van der Waals surface area (Å²) < 4.78 is 32.1. The molecule has 2 atom stereocenters. The van der Waals surface area contributed by atoms with Gasteiger partial charge in [-0.2, -0.15) is 4.79 Å². The van der Waals surface area contributed by atoms with Gasteiger partial charge in [0.1, 0.15) is 23.1 Å². The van der Waals surface area contributed by atoms with Crippen molar-refractivity contribution in [2.24, 2.45) is 0 Å². The van der Waals surface area contributed by atoms with E-state index in [0.29, 0.717) is 11.5 Å². The molecule has 2 aromatic heterocycles. The molecule has 2 heterocycles. The maximum Gasteiger partial charge on any atom is 0.514 e. The summed E-state index contributed by atoms with van der Waals surface area (Å²) in [6.07, 6.45) is 2.20. The van der Waals surface area contributed by atoms with E-state index in [2.05, 4.69) is 15.3 Å². The van der Waals surface area contributed by atoms with Crippen LogP contribution in [0.15, 0.2) is 30.3 Å². The Balaban J connectivity index is 1.53. The third kappa shape index (κ3) is 4.54. The highest BCUT2D eigenvalue weighted by molar-refractivity contribution is 5.83. The molecule has 4 rings (SSSR count). The van der Waals surface area contributed by atoms with Gasteiger partial charge in [-0.15, -0.1) is 0 Å². The second-order valence-electron chi connectivity index (χ2n) is 9.05. The van der Waals surface area contributed by atoms with Crippen molar-refractivity contribution in [3.8, 4) is 0 Å². The number of hydrogen-bond acceptors (Lipinski definition) is 4. The third-order valence-electron chi connectivity index (χ3n) is 5.57. The van der Waals surface area contributed by atoms with E-state index in [0.717, 1.165) is 53.0 Å². The molecule has 0 saturated heterocycles. The molecule has 1 aliphatic rings. The number of quaternary nitrogens is 1. The quantitative estimate of drug-likeness (QED) is 0.591. The van der Waals surface area contributed by atoms with Gasteiger partial charge < -0.3 is 15.0 Å². The number of aryl methyl sites for hydroxylation is 1. The van der Waals surface area contributed by atoms with Crippen molar-refractivity contribution in [2.45, 2.75) is 51.7 Å². The normalized spacial score (nSPS) is 17.3. The number of hydrogen-bond donors (Lipinski definition) is 3. The number of aromatic nitrogens is 2. The van der Waals surface area contributed by atoms with Crippen molar-refractivity contribution in [3.05, 3.63) is 53.2 Å². The highest BCUT2D eigenvalue weighted by Crippen LogP contribution is 2.29. The van der Waals surface area contributed by atoms with Crippen LogP contribution in [0.5, 0.6) is 0 Å². The number of halogens is 2. The fourth-order valence-electron chi connectivity index (χ4n) is 3.98. The first-order chi connectivity index (χ1) is 14.6. The number of nitrogens with one attached hydrogen (secondary N) is 3. The molecule has 3 N–H and O–H groups in total. The van der Waals surface area contributed by atoms with E-state index in [9.17, 15) is 13.6 Å². The Labute approximate surface area is 179 Å². The number of carbonyl (C=O) groups is 1. The summed E-state index contributed by atoms with van der Waals surface area (Å²) in [6.45, 7) is 5.61. The van der Waals surface area contributed by atoms with Gasteiger partial charge >= 0.3 is 6.09 Å². The number of carbonyl (C=O) groups excluding carboxylic acids is 1. The van der Waals surface area contributed by atoms with Crippen LogP contribution in [0.3, 0.4) is 0 Å². The Bertz CT molecular complexity index is 1140. The summed E-state index contributed by atoms with van der Waals surface area (Å²) >= 11 is 0. The first-order valence-corrected chi connectivity index (χ1v) is 10.4. The molecular weight excluding hydrogens is 402 g/mol. The van der Waals surface area contributed by atoms with Gasteiger partial charge in [-0.3, -0.25) is 0 Å². The minimum Gasteiger partial charge on any atom is -0.414 e. The topological polar surface area (TPSA) is 71.5 Å². The van der Waals surface area contributed by atoms with E-state index >= 15 is 0 Å². The average molecular weight is 429 g/mol. The fourth-order valence-corrected chi connectivity index (χ4v) is 3.98. The lowest BCUT2D eigenvalue weighted by Crippen LogP contribution is -3.16. The van der Waals surface area contributed by atoms with Crippen molar-refractivity contribution in [2.75, 3.05) is 12.4 Å². The summed E-state index contributed by atoms with van der Waals surface area (Å²) in [7, 11) is 1.86. The van der Waals surface area contributed by atoms with Gasteiger partial charge in [0.15, 0.2) is 11.6 Å². The largest absolute Gasteiger partial charge is 0.514 e. The average Bonchev–Trinajstić information content (AvgIpc) is 3.05. The molecule has 0 radical (unpaired) electrons. The zero-order valence-corrected chi connectivity index (χ0v) is 18.1. The number of rotatable bonds is 3. The smallest absolute Gasteiger partial charge is 0.414 e. The molecule has 1 aliphatic carbocycles. The monoisotopic (exact) mass is 429 g/mol. The number of H-pyrrole nitrogens is 1. The van der Waals surface area contributed by atoms with Crippen LogP contribution in [0, 0.1) is 11.6 Å². The molecule has 6 nitrogen and oxygen atoms in total. The maximum absolute atomic E-state index is 13.5. The first kappa shape index (κ1) is 21.2. The summed E-state index contributed by atoms with van der Waals surface area (Å²) in [5, 5.41) is 4.01. The molecule has 0 fully saturated rings. The lowest BCUT2D eigenvalue weighted by molar-refractivity contribution is -0.832. The predicted octanol–water partition coefficient (Wildman–Crippen LogP) is 3.89. The number of fused-ring (bicyclic) bond motifs is 3. The van der Waals surface area contributed by atoms with Crippen LogP contribution in [0.2, 0.25) is 0 Å². The minimum atomic E-state index is -0.913. The molecule has 31 heavy (non-hydrogen) atoms. The Morgan fingerprint density at radius 3 is 2.71 bits per heavy atom. The fraction of sp³-hybridized carbons (Fsp3) is 0.391. The lowest BCUT2D eigenvalue weighted by Gasteiger charge is -2.28. The molecule has 0 saturated carbocycles. The summed E-state index contributed by atoms with van der Waals surface area (Å²) in [4.78, 5) is 21.2. The van der Waals surface area contributed by atoms with Crippen LogP contribution in [0.4, 0.5) is 25.1 Å². The molecule has 3 aromatic rings. The van der Waals surface area contributed by atoms with Gasteiger partial charge in [0.25, 0.3) is 0 Å². The number of anilines is 2. The van der Waals surface area contributed by atoms with E-state index in [4.69, 9.17) is 4.74 Å². The van der Waals surface area contributed by atoms with Gasteiger partial charge in [-0.1, -0.05) is 0 Å². The number of pyridine rings is 1. The zero-order valence-electron chi connectivity index (χ0n) is 18.1. The Morgan fingerprint density at radius 2 is 2.00 bits per heavy atom. The van der Waals surface area contributed by atoms with Gasteiger partial charge in [-0.05, 0) is 57.0 Å². The van der Waals surface area contributed by atoms with Gasteiger partial charge in [0.05, 0.1) is 7.05 Å². The van der Waals surface area contributed by atoms with E-state index in [1.54, 1.807) is 0 Å². The van der Waals surface area contributed by atoms with Crippen LogP contribution in [0.1, 0.15) is 38.4 Å². The van der Waals surface area contributed by atoms with E-state index in [-0.39, 0.29) is 12.1 Å². The number of nitrogens with zero attached hydrogens (tertiary/aromatic N) is 1. The van der Waals surface area contributed by atoms with Gasteiger partial charge in [0, 0.05) is 35.7 Å². The summed E-state index contributed by atoms with van der Waals surface area (Å²) in [5.74, 6) is -1.27. The van der Waals surface area contributed by atoms with Crippen molar-refractivity contribution in [3.63, 3.8) is 0 Å². The molecule has 0 aliphatic heterocycles. The van der Waals surface area contributed by atoms with E-state index in [1.807, 2.05) is 40.0 Å². The van der Waals surface area contributed by atoms with E-state index < -0.39 is 17.2 Å². The standard InChI is InChI=1S/C23H26F2N4O2/c1-23(2,3)31-22(30)29(4)14-6-9-19-16(12-14)15-7-10-20(28-21(15)27-19)26-13-5-8-17(24)18(25)11-13/h5,7-8,10-11,14H,6,9,12H2,1-4H3,(H2,26,27,28)/p+1. The third-order valence-corrected chi connectivity index (χ3v) is 5.57. The Kier molecular flexibility index (Phi) is 5.43. The molecule has 0 spiro atoms. The number of ether oxygens (including phenoxy) is 1. The lowest BCUT2D eigenvalue weighted by atomic mass is 9.91. The second kappa shape index (κ2) is 7.92. The summed E-state index contributed by atoms with van der Waals surface area (Å²) in [6, 6.07) is 7.54. The van der Waals surface area contributed by atoms with Crippen LogP contribution >= 0.6 is 0 Å². The van der Waals surface area contributed by atoms with Gasteiger partial charge in [-0.25, -0.2) is 18.7 Å². The molecule has 2 unspecified atom stereocenters. The van der Waals surface area contributed by atoms with Crippen LogP contribution in [-0.2, 0) is 17.6 Å². The molecule has 1 aromatic carbocycles. The number of likely N-dealkylation sites (N-methyl/N-ethyl adjacent to an activating group) is 1. The SMILES string of the molecule is C[NH+](C(=O)OC(C)(C)C)C1CCc2[nH]c3nc(Nc4ccc(F)c(F)c4)ccc3c2C1.